The van der Waals surface area contributed by atoms with Gasteiger partial charge in [0.2, 0.25) is 5.13 Å². The van der Waals surface area contributed by atoms with Gasteiger partial charge in [-0.15, -0.1) is 0 Å². The van der Waals surface area contributed by atoms with Crippen molar-refractivity contribution in [3.8, 4) is 0 Å². The number of fused-ring (bicyclic) bond motifs is 1. The summed E-state index contributed by atoms with van der Waals surface area (Å²) < 4.78 is 6.14. The number of thiazole rings is 1. The highest BCUT2D eigenvalue weighted by Crippen LogP contribution is 2.31. The van der Waals surface area contributed by atoms with E-state index < -0.39 is 10.8 Å². The van der Waals surface area contributed by atoms with Gasteiger partial charge < -0.3 is 4.42 Å². The number of nitro groups is 1. The van der Waals surface area contributed by atoms with E-state index in [0.717, 1.165) is 20.8 Å². The van der Waals surface area contributed by atoms with E-state index in [0.29, 0.717) is 10.9 Å². The van der Waals surface area contributed by atoms with Gasteiger partial charge in [-0.2, -0.15) is 10.1 Å². The second kappa shape index (κ2) is 7.64. The van der Waals surface area contributed by atoms with Crippen molar-refractivity contribution in [2.45, 2.75) is 6.92 Å². The summed E-state index contributed by atoms with van der Waals surface area (Å²) in [6, 6.07) is 14.7. The Hall–Kier alpha value is -3.85. The molecule has 0 bridgehead atoms. The Morgan fingerprint density at radius 2 is 2.10 bits per heavy atom. The van der Waals surface area contributed by atoms with E-state index in [4.69, 9.17) is 4.42 Å². The zero-order valence-corrected chi connectivity index (χ0v) is 16.0. The quantitative estimate of drug-likeness (QED) is 0.269. The zero-order chi connectivity index (χ0) is 20.4. The first-order valence-electron chi connectivity index (χ1n) is 8.55. The Morgan fingerprint density at radius 3 is 2.86 bits per heavy atom. The third-order valence-electron chi connectivity index (χ3n) is 4.05. The van der Waals surface area contributed by atoms with E-state index in [1.807, 2.05) is 25.1 Å². The van der Waals surface area contributed by atoms with Gasteiger partial charge in [0.15, 0.2) is 0 Å². The van der Waals surface area contributed by atoms with Crippen molar-refractivity contribution in [3.63, 3.8) is 0 Å². The SMILES string of the molecule is Cc1ccc2nc(N(/N=C/c3ccco3)C(=O)c3cccc([N+](=O)[O-])c3)sc2c1. The summed E-state index contributed by atoms with van der Waals surface area (Å²) >= 11 is 1.31. The smallest absolute Gasteiger partial charge is 0.281 e. The molecule has 144 valence electrons. The highest BCUT2D eigenvalue weighted by Gasteiger charge is 2.22. The molecule has 0 N–H and O–H groups in total. The molecule has 0 fully saturated rings. The fourth-order valence-corrected chi connectivity index (χ4v) is 3.67. The molecule has 2 aromatic carbocycles. The second-order valence-corrected chi connectivity index (χ2v) is 7.16. The third kappa shape index (κ3) is 3.90. The number of anilines is 1. The van der Waals surface area contributed by atoms with Gasteiger partial charge in [-0.05, 0) is 42.8 Å². The number of hydrazone groups is 1. The van der Waals surface area contributed by atoms with Crippen LogP contribution < -0.4 is 5.01 Å². The fraction of sp³-hybridized carbons (Fsp3) is 0.0500. The van der Waals surface area contributed by atoms with Crippen molar-refractivity contribution in [3.05, 3.63) is 87.9 Å². The molecule has 0 radical (unpaired) electrons. The molecule has 2 heterocycles. The van der Waals surface area contributed by atoms with Crippen LogP contribution in [0.15, 0.2) is 70.4 Å². The first-order valence-corrected chi connectivity index (χ1v) is 9.36. The average molecular weight is 406 g/mol. The Bertz CT molecular complexity index is 1230. The van der Waals surface area contributed by atoms with Crippen molar-refractivity contribution in [2.75, 3.05) is 5.01 Å². The normalized spacial score (nSPS) is 11.2. The molecule has 0 saturated carbocycles. The van der Waals surface area contributed by atoms with Crippen molar-refractivity contribution in [1.29, 1.82) is 0 Å². The highest BCUT2D eigenvalue weighted by atomic mass is 32.1. The van der Waals surface area contributed by atoms with Crippen LogP contribution in [-0.2, 0) is 0 Å². The Labute approximate surface area is 168 Å². The van der Waals surface area contributed by atoms with Crippen molar-refractivity contribution in [2.24, 2.45) is 5.10 Å². The van der Waals surface area contributed by atoms with Gasteiger partial charge in [0.1, 0.15) is 5.76 Å². The number of benzene rings is 2. The van der Waals surface area contributed by atoms with Crippen molar-refractivity contribution < 1.29 is 14.1 Å². The van der Waals surface area contributed by atoms with Gasteiger partial charge >= 0.3 is 0 Å². The number of hydrogen-bond donors (Lipinski definition) is 0. The van der Waals surface area contributed by atoms with Crippen LogP contribution in [-0.4, -0.2) is 22.0 Å². The lowest BCUT2D eigenvalue weighted by Gasteiger charge is -2.13. The number of hydrogen-bond acceptors (Lipinski definition) is 7. The first-order chi connectivity index (χ1) is 14.0. The van der Waals surface area contributed by atoms with Crippen molar-refractivity contribution in [1.82, 2.24) is 4.98 Å². The maximum atomic E-state index is 13.1. The molecule has 29 heavy (non-hydrogen) atoms. The topological polar surface area (TPSA) is 102 Å². The van der Waals surface area contributed by atoms with Gasteiger partial charge in [0.05, 0.1) is 27.6 Å². The molecule has 9 heteroatoms. The van der Waals surface area contributed by atoms with E-state index in [9.17, 15) is 14.9 Å². The molecular formula is C20H14N4O4S. The minimum Gasteiger partial charge on any atom is -0.463 e. The number of aryl methyl sites for hydroxylation is 1. The van der Waals surface area contributed by atoms with E-state index in [1.54, 1.807) is 12.1 Å². The second-order valence-electron chi connectivity index (χ2n) is 6.15. The number of nitro benzene ring substituents is 1. The number of furan rings is 1. The Balaban J connectivity index is 1.77. The predicted octanol–water partition coefficient (Wildman–Crippen LogP) is 4.79. The highest BCUT2D eigenvalue weighted by molar-refractivity contribution is 7.22. The molecule has 0 unspecified atom stereocenters. The minimum absolute atomic E-state index is 0.131. The van der Waals surface area contributed by atoms with Crippen LogP contribution in [0.25, 0.3) is 10.2 Å². The molecule has 2 aromatic heterocycles. The number of carbonyl (C=O) groups excluding carboxylic acids is 1. The van der Waals surface area contributed by atoms with Crippen LogP contribution in [0.2, 0.25) is 0 Å². The Morgan fingerprint density at radius 1 is 1.24 bits per heavy atom. The predicted molar refractivity (Wildman–Crippen MR) is 111 cm³/mol. The summed E-state index contributed by atoms with van der Waals surface area (Å²) in [7, 11) is 0. The van der Waals surface area contributed by atoms with Crippen molar-refractivity contribution >= 4 is 44.5 Å². The van der Waals surface area contributed by atoms with E-state index in [-0.39, 0.29) is 11.3 Å². The lowest BCUT2D eigenvalue weighted by molar-refractivity contribution is -0.384. The molecule has 8 nitrogen and oxygen atoms in total. The Kier molecular flexibility index (Phi) is 4.88. The molecular weight excluding hydrogens is 392 g/mol. The summed E-state index contributed by atoms with van der Waals surface area (Å²) in [5, 5.41) is 16.8. The standard InChI is InChI=1S/C20H14N4O4S/c1-13-7-8-17-18(10-13)29-20(22-17)23(21-12-16-6-3-9-28-16)19(25)14-4-2-5-15(11-14)24(26)27/h2-12H,1H3/b21-12+. The fourth-order valence-electron chi connectivity index (χ4n) is 2.65. The van der Waals surface area contributed by atoms with Crippen LogP contribution in [0.5, 0.6) is 0 Å². The maximum Gasteiger partial charge on any atom is 0.281 e. The number of nitrogens with zero attached hydrogens (tertiary/aromatic N) is 4. The molecule has 0 aliphatic heterocycles. The molecule has 0 spiro atoms. The largest absolute Gasteiger partial charge is 0.463 e. The van der Waals surface area contributed by atoms with E-state index in [1.165, 1.54) is 48.1 Å². The molecule has 4 rings (SSSR count). The van der Waals surface area contributed by atoms with Gasteiger partial charge in [0.25, 0.3) is 11.6 Å². The molecule has 4 aromatic rings. The number of amides is 1. The van der Waals surface area contributed by atoms with Crippen LogP contribution in [0, 0.1) is 17.0 Å². The molecule has 0 atom stereocenters. The summed E-state index contributed by atoms with van der Waals surface area (Å²) in [6.07, 6.45) is 2.89. The maximum absolute atomic E-state index is 13.1. The van der Waals surface area contributed by atoms with Crippen LogP contribution >= 0.6 is 11.3 Å². The lowest BCUT2D eigenvalue weighted by Crippen LogP contribution is -2.25. The molecule has 1 amide bonds. The zero-order valence-electron chi connectivity index (χ0n) is 15.2. The van der Waals surface area contributed by atoms with E-state index in [2.05, 4.69) is 10.1 Å². The lowest BCUT2D eigenvalue weighted by atomic mass is 10.2. The van der Waals surface area contributed by atoms with E-state index >= 15 is 0 Å². The van der Waals surface area contributed by atoms with Crippen LogP contribution in [0.4, 0.5) is 10.8 Å². The average Bonchev–Trinajstić information content (AvgIpc) is 3.37. The summed E-state index contributed by atoms with van der Waals surface area (Å²) in [5.74, 6) is -0.0777. The van der Waals surface area contributed by atoms with Gasteiger partial charge in [-0.1, -0.05) is 23.5 Å². The van der Waals surface area contributed by atoms with Crippen LogP contribution in [0.1, 0.15) is 21.7 Å². The molecule has 0 saturated heterocycles. The number of rotatable bonds is 5. The first kappa shape index (κ1) is 18.5. The van der Waals surface area contributed by atoms with Gasteiger partial charge in [0, 0.05) is 17.7 Å². The minimum atomic E-state index is -0.548. The van der Waals surface area contributed by atoms with Gasteiger partial charge in [-0.25, -0.2) is 4.98 Å². The summed E-state index contributed by atoms with van der Waals surface area (Å²) in [6.45, 7) is 1.97. The molecule has 0 aliphatic rings. The van der Waals surface area contributed by atoms with Crippen LogP contribution in [0.3, 0.4) is 0 Å². The third-order valence-corrected chi connectivity index (χ3v) is 5.05. The molecule has 0 aliphatic carbocycles. The number of carbonyl (C=O) groups is 1. The number of non-ortho nitro benzene ring substituents is 1. The monoisotopic (exact) mass is 406 g/mol. The summed E-state index contributed by atoms with van der Waals surface area (Å²) in [5.41, 5.74) is 1.76. The number of aromatic nitrogens is 1. The summed E-state index contributed by atoms with van der Waals surface area (Å²) in [4.78, 5) is 28.2. The van der Waals surface area contributed by atoms with Gasteiger partial charge in [-0.3, -0.25) is 14.9 Å².